The molecule has 0 bridgehead atoms. The summed E-state index contributed by atoms with van der Waals surface area (Å²) >= 11 is 1.57. The molecule has 0 unspecified atom stereocenters. The molecule has 1 aromatic heterocycles. The molecular formula is C20H26N4O2S. The van der Waals surface area contributed by atoms with Crippen LogP contribution >= 0.6 is 11.5 Å². The van der Waals surface area contributed by atoms with E-state index in [-0.39, 0.29) is 11.8 Å². The average Bonchev–Trinajstić information content (AvgIpc) is 3.12. The molecule has 2 aliphatic rings. The van der Waals surface area contributed by atoms with E-state index in [0.29, 0.717) is 25.8 Å². The van der Waals surface area contributed by atoms with E-state index in [1.54, 1.807) is 11.5 Å². The quantitative estimate of drug-likeness (QED) is 0.564. The van der Waals surface area contributed by atoms with Gasteiger partial charge in [-0.15, -0.1) is 0 Å². The smallest absolute Gasteiger partial charge is 0.229 e. The van der Waals surface area contributed by atoms with Gasteiger partial charge in [-0.25, -0.2) is 0 Å². The zero-order valence-corrected chi connectivity index (χ0v) is 16.4. The molecular weight excluding hydrogens is 360 g/mol. The number of nitrogens with zero attached hydrogens (tertiary/aromatic N) is 4. The fourth-order valence-electron chi connectivity index (χ4n) is 3.94. The first kappa shape index (κ1) is 18.4. The number of hydrogen-bond donors (Lipinski definition) is 0. The molecule has 2 saturated heterocycles. The average molecular weight is 387 g/mol. The Balaban J connectivity index is 1.21. The molecule has 0 atom stereocenters. The lowest BCUT2D eigenvalue weighted by molar-refractivity contribution is -0.148. The van der Waals surface area contributed by atoms with Gasteiger partial charge in [-0.3, -0.25) is 19.4 Å². The number of piperidine rings is 1. The summed E-state index contributed by atoms with van der Waals surface area (Å²) in [5.41, 5.74) is 0. The van der Waals surface area contributed by atoms with E-state index in [1.165, 1.54) is 15.0 Å². The standard InChI is InChI=1S/C20H26N4O2S/c25-18-8-5-9-19(26)24(18)11-4-3-10-22-12-14-23(15-13-22)20-16-6-1-2-7-17(16)27-21-20/h1-2,6-7H,3-5,8-15H2. The normalized spacial score (nSPS) is 19.3. The highest BCUT2D eigenvalue weighted by Crippen LogP contribution is 2.29. The third kappa shape index (κ3) is 4.14. The van der Waals surface area contributed by atoms with E-state index in [4.69, 9.17) is 0 Å². The summed E-state index contributed by atoms with van der Waals surface area (Å²) in [6.45, 7) is 5.68. The van der Waals surface area contributed by atoms with Crippen LogP contribution in [0.25, 0.3) is 10.1 Å². The largest absolute Gasteiger partial charge is 0.353 e. The van der Waals surface area contributed by atoms with Crippen molar-refractivity contribution in [1.29, 1.82) is 0 Å². The van der Waals surface area contributed by atoms with Crippen LogP contribution in [-0.4, -0.2) is 65.3 Å². The van der Waals surface area contributed by atoms with Crippen LogP contribution < -0.4 is 4.90 Å². The van der Waals surface area contributed by atoms with Crippen LogP contribution in [0, 0.1) is 0 Å². The highest BCUT2D eigenvalue weighted by atomic mass is 32.1. The van der Waals surface area contributed by atoms with Crippen LogP contribution in [0.2, 0.25) is 0 Å². The first-order valence-electron chi connectivity index (χ1n) is 9.87. The maximum absolute atomic E-state index is 11.8. The van der Waals surface area contributed by atoms with Gasteiger partial charge in [-0.05, 0) is 49.5 Å². The van der Waals surface area contributed by atoms with Crippen molar-refractivity contribution >= 4 is 39.3 Å². The van der Waals surface area contributed by atoms with Crippen LogP contribution in [0.3, 0.4) is 0 Å². The number of fused-ring (bicyclic) bond motifs is 1. The van der Waals surface area contributed by atoms with E-state index < -0.39 is 0 Å². The van der Waals surface area contributed by atoms with Crippen molar-refractivity contribution in [3.05, 3.63) is 24.3 Å². The van der Waals surface area contributed by atoms with Gasteiger partial charge >= 0.3 is 0 Å². The Hall–Kier alpha value is -1.99. The summed E-state index contributed by atoms with van der Waals surface area (Å²) in [5.74, 6) is 1.14. The van der Waals surface area contributed by atoms with E-state index in [1.807, 2.05) is 0 Å². The Bertz CT molecular complexity index is 797. The van der Waals surface area contributed by atoms with Gasteiger partial charge in [0, 0.05) is 51.0 Å². The lowest BCUT2D eigenvalue weighted by Crippen LogP contribution is -2.47. The highest BCUT2D eigenvalue weighted by Gasteiger charge is 2.25. The molecule has 144 valence electrons. The Labute approximate surface area is 163 Å². The second-order valence-electron chi connectivity index (χ2n) is 7.33. The lowest BCUT2D eigenvalue weighted by Gasteiger charge is -2.35. The molecule has 3 heterocycles. The van der Waals surface area contributed by atoms with Crippen LogP contribution in [0.4, 0.5) is 5.82 Å². The first-order valence-corrected chi connectivity index (χ1v) is 10.6. The predicted molar refractivity (Wildman–Crippen MR) is 108 cm³/mol. The van der Waals surface area contributed by atoms with Gasteiger partial charge in [0.1, 0.15) is 5.82 Å². The number of rotatable bonds is 6. The number of anilines is 1. The van der Waals surface area contributed by atoms with Crippen molar-refractivity contribution in [2.75, 3.05) is 44.2 Å². The number of likely N-dealkylation sites (tertiary alicyclic amines) is 1. The number of unbranched alkanes of at least 4 members (excludes halogenated alkanes) is 1. The highest BCUT2D eigenvalue weighted by molar-refractivity contribution is 7.13. The minimum atomic E-state index is 0.00959. The second-order valence-corrected chi connectivity index (χ2v) is 8.14. The summed E-state index contributed by atoms with van der Waals surface area (Å²) in [6.07, 6.45) is 3.69. The number of hydrogen-bond acceptors (Lipinski definition) is 6. The van der Waals surface area contributed by atoms with Gasteiger partial charge in [0.25, 0.3) is 0 Å². The summed E-state index contributed by atoms with van der Waals surface area (Å²) in [6, 6.07) is 8.43. The summed E-state index contributed by atoms with van der Waals surface area (Å²) in [7, 11) is 0. The van der Waals surface area contributed by atoms with Gasteiger partial charge in [0.2, 0.25) is 11.8 Å². The number of imide groups is 1. The Kier molecular flexibility index (Phi) is 5.69. The second kappa shape index (κ2) is 8.35. The third-order valence-corrected chi connectivity index (χ3v) is 6.34. The van der Waals surface area contributed by atoms with E-state index in [0.717, 1.165) is 51.4 Å². The molecule has 2 aromatic rings. The zero-order chi connectivity index (χ0) is 18.6. The fourth-order valence-corrected chi connectivity index (χ4v) is 4.73. The fraction of sp³-hybridized carbons (Fsp3) is 0.550. The van der Waals surface area contributed by atoms with Crippen molar-refractivity contribution in [3.63, 3.8) is 0 Å². The number of carbonyl (C=O) groups is 2. The molecule has 2 amide bonds. The monoisotopic (exact) mass is 386 g/mol. The Morgan fingerprint density at radius 2 is 1.63 bits per heavy atom. The summed E-state index contributed by atoms with van der Waals surface area (Å²) in [4.78, 5) is 30.0. The molecule has 6 nitrogen and oxygen atoms in total. The van der Waals surface area contributed by atoms with Gasteiger partial charge in [0.05, 0.1) is 4.70 Å². The SMILES string of the molecule is O=C1CCCC(=O)N1CCCCN1CCN(c2nsc3ccccc23)CC1. The molecule has 1 aromatic carbocycles. The van der Waals surface area contributed by atoms with Gasteiger partial charge in [-0.1, -0.05) is 12.1 Å². The molecule has 4 rings (SSSR count). The topological polar surface area (TPSA) is 56.8 Å². The van der Waals surface area contributed by atoms with Crippen molar-refractivity contribution in [2.24, 2.45) is 0 Å². The van der Waals surface area contributed by atoms with E-state index >= 15 is 0 Å². The number of amides is 2. The predicted octanol–water partition coefficient (Wildman–Crippen LogP) is 2.74. The minimum Gasteiger partial charge on any atom is -0.353 e. The number of benzene rings is 1. The maximum atomic E-state index is 11.8. The molecule has 0 saturated carbocycles. The van der Waals surface area contributed by atoms with E-state index in [9.17, 15) is 9.59 Å². The van der Waals surface area contributed by atoms with E-state index in [2.05, 4.69) is 38.4 Å². The van der Waals surface area contributed by atoms with Crippen LogP contribution in [0.15, 0.2) is 24.3 Å². The van der Waals surface area contributed by atoms with Gasteiger partial charge in [0.15, 0.2) is 0 Å². The van der Waals surface area contributed by atoms with Crippen LogP contribution in [-0.2, 0) is 9.59 Å². The molecule has 0 radical (unpaired) electrons. The number of piperazine rings is 1. The first-order chi connectivity index (χ1) is 13.2. The molecule has 0 N–H and O–H groups in total. The minimum absolute atomic E-state index is 0.00959. The molecule has 2 fully saturated rings. The van der Waals surface area contributed by atoms with Gasteiger partial charge in [-0.2, -0.15) is 4.37 Å². The van der Waals surface area contributed by atoms with Crippen molar-refractivity contribution in [3.8, 4) is 0 Å². The molecule has 27 heavy (non-hydrogen) atoms. The lowest BCUT2D eigenvalue weighted by atomic mass is 10.1. The molecule has 0 spiro atoms. The number of carbonyl (C=O) groups excluding carboxylic acids is 2. The molecule has 0 aliphatic carbocycles. The van der Waals surface area contributed by atoms with Crippen LogP contribution in [0.5, 0.6) is 0 Å². The van der Waals surface area contributed by atoms with Gasteiger partial charge < -0.3 is 4.90 Å². The Morgan fingerprint density at radius 3 is 2.41 bits per heavy atom. The third-order valence-electron chi connectivity index (χ3n) is 5.52. The van der Waals surface area contributed by atoms with Crippen molar-refractivity contribution < 1.29 is 9.59 Å². The zero-order valence-electron chi connectivity index (χ0n) is 15.6. The maximum Gasteiger partial charge on any atom is 0.229 e. The van der Waals surface area contributed by atoms with Crippen LogP contribution in [0.1, 0.15) is 32.1 Å². The number of aromatic nitrogens is 1. The molecule has 7 heteroatoms. The van der Waals surface area contributed by atoms with Crippen molar-refractivity contribution in [1.82, 2.24) is 14.2 Å². The van der Waals surface area contributed by atoms with Crippen molar-refractivity contribution in [2.45, 2.75) is 32.1 Å². The summed E-state index contributed by atoms with van der Waals surface area (Å²) < 4.78 is 5.91. The molecule has 2 aliphatic heterocycles. The Morgan fingerprint density at radius 1 is 0.926 bits per heavy atom. The summed E-state index contributed by atoms with van der Waals surface area (Å²) in [5, 5.41) is 1.26.